The average molecular weight is 170 g/mol. The van der Waals surface area contributed by atoms with Crippen molar-refractivity contribution >= 4 is 0 Å². The maximum atomic E-state index is 12.3. The molecule has 0 aromatic rings. The van der Waals surface area contributed by atoms with Crippen LogP contribution in [0.3, 0.4) is 0 Å². The summed E-state index contributed by atoms with van der Waals surface area (Å²) in [6.45, 7) is 5.28. The van der Waals surface area contributed by atoms with Crippen molar-refractivity contribution in [3.05, 3.63) is 35.8 Å². The van der Waals surface area contributed by atoms with Crippen LogP contribution < -0.4 is 11.5 Å². The van der Waals surface area contributed by atoms with Gasteiger partial charge < -0.3 is 11.5 Å². The number of hydrogen-bond donors (Lipinski definition) is 2. The minimum atomic E-state index is -0.525. The van der Waals surface area contributed by atoms with Crippen LogP contribution in [0.5, 0.6) is 0 Å². The molecule has 0 bridgehead atoms. The fraction of sp³-hybridized carbons (Fsp3) is 0.333. The summed E-state index contributed by atoms with van der Waals surface area (Å²) in [6, 6.07) is 0. The second kappa shape index (κ2) is 5.55. The first-order valence-corrected chi connectivity index (χ1v) is 3.82. The highest BCUT2D eigenvalue weighted by molar-refractivity contribution is 5.33. The van der Waals surface area contributed by atoms with E-state index in [2.05, 4.69) is 6.58 Å². The van der Waals surface area contributed by atoms with Gasteiger partial charge in [0.1, 0.15) is 5.83 Å². The third-order valence-corrected chi connectivity index (χ3v) is 1.35. The summed E-state index contributed by atoms with van der Waals surface area (Å²) >= 11 is 0. The zero-order valence-corrected chi connectivity index (χ0v) is 7.31. The lowest BCUT2D eigenvalue weighted by Crippen LogP contribution is -2.11. The van der Waals surface area contributed by atoms with Gasteiger partial charge in [-0.25, -0.2) is 4.39 Å². The maximum Gasteiger partial charge on any atom is 0.116 e. The molecule has 3 heteroatoms. The van der Waals surface area contributed by atoms with Crippen molar-refractivity contribution in [3.8, 4) is 0 Å². The van der Waals surface area contributed by atoms with Crippen LogP contribution in [0.2, 0.25) is 0 Å². The Kier molecular flexibility index (Phi) is 5.04. The summed E-state index contributed by atoms with van der Waals surface area (Å²) in [7, 11) is 0. The fourth-order valence-corrected chi connectivity index (χ4v) is 0.800. The van der Waals surface area contributed by atoms with Crippen LogP contribution in [0.15, 0.2) is 35.8 Å². The third kappa shape index (κ3) is 3.93. The van der Waals surface area contributed by atoms with Gasteiger partial charge >= 0.3 is 0 Å². The van der Waals surface area contributed by atoms with Crippen LogP contribution in [0.4, 0.5) is 4.39 Å². The topological polar surface area (TPSA) is 52.0 Å². The van der Waals surface area contributed by atoms with E-state index in [0.717, 1.165) is 6.42 Å². The first-order valence-electron chi connectivity index (χ1n) is 3.82. The largest absolute Gasteiger partial charge is 0.399 e. The van der Waals surface area contributed by atoms with Crippen molar-refractivity contribution in [1.82, 2.24) is 0 Å². The van der Waals surface area contributed by atoms with Gasteiger partial charge in [0, 0.05) is 12.2 Å². The van der Waals surface area contributed by atoms with E-state index in [1.165, 1.54) is 6.08 Å². The monoisotopic (exact) mass is 170 g/mol. The molecular formula is C9H15FN2. The summed E-state index contributed by atoms with van der Waals surface area (Å²) in [6.07, 6.45) is 3.85. The molecule has 0 spiro atoms. The minimum absolute atomic E-state index is 0.227. The van der Waals surface area contributed by atoms with Gasteiger partial charge in [0.2, 0.25) is 0 Å². The summed E-state index contributed by atoms with van der Waals surface area (Å²) < 4.78 is 12.3. The lowest BCUT2D eigenvalue weighted by atomic mass is 10.1. The van der Waals surface area contributed by atoms with Gasteiger partial charge in [-0.05, 0) is 18.1 Å². The molecule has 0 saturated heterocycles. The van der Waals surface area contributed by atoms with Gasteiger partial charge in [-0.1, -0.05) is 19.6 Å². The lowest BCUT2D eigenvalue weighted by Gasteiger charge is -2.03. The maximum absolute atomic E-state index is 12.3. The van der Waals surface area contributed by atoms with Crippen LogP contribution >= 0.6 is 0 Å². The Morgan fingerprint density at radius 1 is 1.58 bits per heavy atom. The highest BCUT2D eigenvalue weighted by atomic mass is 19.1. The number of hydrogen-bond acceptors (Lipinski definition) is 2. The van der Waals surface area contributed by atoms with E-state index in [-0.39, 0.29) is 6.54 Å². The molecule has 0 aromatic carbocycles. The molecule has 0 heterocycles. The molecule has 0 atom stereocenters. The van der Waals surface area contributed by atoms with E-state index in [0.29, 0.717) is 11.3 Å². The Balaban J connectivity index is 4.55. The first-order chi connectivity index (χ1) is 5.61. The molecule has 0 aliphatic carbocycles. The summed E-state index contributed by atoms with van der Waals surface area (Å²) in [5.41, 5.74) is 12.1. The van der Waals surface area contributed by atoms with Gasteiger partial charge in [-0.15, -0.1) is 0 Å². The Labute approximate surface area is 72.4 Å². The Bertz CT molecular complexity index is 217. The normalized spacial score (nSPS) is 13.2. The van der Waals surface area contributed by atoms with E-state index < -0.39 is 5.83 Å². The van der Waals surface area contributed by atoms with E-state index in [4.69, 9.17) is 11.5 Å². The van der Waals surface area contributed by atoms with E-state index >= 15 is 0 Å². The number of nitrogens with two attached hydrogens (primary N) is 2. The molecule has 68 valence electrons. The number of halogens is 1. The number of allylic oxidation sites excluding steroid dienone is 3. The molecule has 0 radical (unpaired) electrons. The predicted molar refractivity (Wildman–Crippen MR) is 49.9 cm³/mol. The SMILES string of the molecule is C=C(F)/C=C(CN)\C(N)=C/CC. The minimum Gasteiger partial charge on any atom is -0.399 e. The molecule has 0 saturated carbocycles. The molecule has 0 amide bonds. The van der Waals surface area contributed by atoms with Gasteiger partial charge in [0.15, 0.2) is 0 Å². The molecule has 0 aromatic heterocycles. The first kappa shape index (κ1) is 10.9. The van der Waals surface area contributed by atoms with Crippen molar-refractivity contribution in [2.45, 2.75) is 13.3 Å². The van der Waals surface area contributed by atoms with Crippen molar-refractivity contribution < 1.29 is 4.39 Å². The summed E-state index contributed by atoms with van der Waals surface area (Å²) in [5, 5.41) is 0. The average Bonchev–Trinajstić information content (AvgIpc) is 2.00. The smallest absolute Gasteiger partial charge is 0.116 e. The zero-order chi connectivity index (χ0) is 9.56. The Morgan fingerprint density at radius 3 is 2.50 bits per heavy atom. The molecule has 0 rings (SSSR count). The highest BCUT2D eigenvalue weighted by Gasteiger charge is 1.98. The molecule has 0 aliphatic rings. The molecule has 12 heavy (non-hydrogen) atoms. The van der Waals surface area contributed by atoms with Crippen LogP contribution in [0.1, 0.15) is 13.3 Å². The van der Waals surface area contributed by atoms with Crippen molar-refractivity contribution in [2.24, 2.45) is 11.5 Å². The molecule has 2 nitrogen and oxygen atoms in total. The van der Waals surface area contributed by atoms with Crippen molar-refractivity contribution in [2.75, 3.05) is 6.54 Å². The van der Waals surface area contributed by atoms with Gasteiger partial charge in [0.25, 0.3) is 0 Å². The second-order valence-corrected chi connectivity index (χ2v) is 2.39. The number of rotatable bonds is 4. The molecule has 0 fully saturated rings. The Morgan fingerprint density at radius 2 is 2.17 bits per heavy atom. The summed E-state index contributed by atoms with van der Waals surface area (Å²) in [4.78, 5) is 0. The molecule has 0 aliphatic heterocycles. The van der Waals surface area contributed by atoms with Crippen LogP contribution in [0, 0.1) is 0 Å². The van der Waals surface area contributed by atoms with Crippen LogP contribution in [0.25, 0.3) is 0 Å². The lowest BCUT2D eigenvalue weighted by molar-refractivity contribution is 0.669. The van der Waals surface area contributed by atoms with Crippen LogP contribution in [-0.4, -0.2) is 6.54 Å². The Hall–Kier alpha value is -1.09. The van der Waals surface area contributed by atoms with Gasteiger partial charge in [0.05, 0.1) is 0 Å². The quantitative estimate of drug-likeness (QED) is 0.630. The zero-order valence-electron chi connectivity index (χ0n) is 7.31. The molecule has 0 unspecified atom stereocenters. The van der Waals surface area contributed by atoms with Crippen molar-refractivity contribution in [3.63, 3.8) is 0 Å². The van der Waals surface area contributed by atoms with E-state index in [1.807, 2.05) is 6.92 Å². The van der Waals surface area contributed by atoms with Gasteiger partial charge in [-0.2, -0.15) is 0 Å². The van der Waals surface area contributed by atoms with E-state index in [1.54, 1.807) is 6.08 Å². The van der Waals surface area contributed by atoms with Crippen LogP contribution in [-0.2, 0) is 0 Å². The standard InChI is InChI=1S/C9H15FN2/c1-3-4-9(12)8(6-11)5-7(2)10/h4-5H,2-3,6,11-12H2,1H3/b8-5-,9-4+. The van der Waals surface area contributed by atoms with Gasteiger partial charge in [-0.3, -0.25) is 0 Å². The second-order valence-electron chi connectivity index (χ2n) is 2.39. The molecule has 4 N–H and O–H groups in total. The third-order valence-electron chi connectivity index (χ3n) is 1.35. The van der Waals surface area contributed by atoms with Crippen molar-refractivity contribution in [1.29, 1.82) is 0 Å². The summed E-state index contributed by atoms with van der Waals surface area (Å²) in [5.74, 6) is -0.525. The molecular weight excluding hydrogens is 155 g/mol. The predicted octanol–water partition coefficient (Wildman–Crippen LogP) is 1.61. The highest BCUT2D eigenvalue weighted by Crippen LogP contribution is 2.07. The van der Waals surface area contributed by atoms with E-state index in [9.17, 15) is 4.39 Å². The fourth-order valence-electron chi connectivity index (χ4n) is 0.800.